The summed E-state index contributed by atoms with van der Waals surface area (Å²) in [6.45, 7) is 8.21. The van der Waals surface area contributed by atoms with Gasteiger partial charge in [-0.3, -0.25) is 10.1 Å². The molecule has 0 aliphatic heterocycles. The van der Waals surface area contributed by atoms with Gasteiger partial charge in [-0.25, -0.2) is 9.97 Å². The van der Waals surface area contributed by atoms with Crippen LogP contribution in [0.15, 0.2) is 12.4 Å². The highest BCUT2D eigenvalue weighted by Gasteiger charge is 2.20. The number of nitrogens with zero attached hydrogens (tertiary/aromatic N) is 2. The Hall–Kier alpha value is -1.69. The first-order valence-electron chi connectivity index (χ1n) is 6.43. The molecule has 0 aliphatic carbocycles. The Morgan fingerprint density at radius 1 is 1.26 bits per heavy atom. The summed E-state index contributed by atoms with van der Waals surface area (Å²) in [7, 11) is 0. The number of anilines is 1. The summed E-state index contributed by atoms with van der Waals surface area (Å²) < 4.78 is 0. The number of hydrogen-bond donors (Lipinski definition) is 3. The van der Waals surface area contributed by atoms with E-state index in [-0.39, 0.29) is 12.0 Å². The first-order chi connectivity index (χ1) is 8.90. The van der Waals surface area contributed by atoms with Crippen molar-refractivity contribution >= 4 is 11.9 Å². The molecule has 0 saturated carbocycles. The number of carbonyl (C=O) groups is 1. The van der Waals surface area contributed by atoms with Crippen LogP contribution in [0.4, 0.5) is 5.95 Å². The van der Waals surface area contributed by atoms with Gasteiger partial charge in [-0.05, 0) is 19.8 Å². The van der Waals surface area contributed by atoms with Gasteiger partial charge in [0.2, 0.25) is 5.95 Å². The highest BCUT2D eigenvalue weighted by Crippen LogP contribution is 2.05. The van der Waals surface area contributed by atoms with Gasteiger partial charge in [-0.2, -0.15) is 0 Å². The largest absolute Gasteiger partial charge is 0.480 e. The Kier molecular flexibility index (Phi) is 5.69. The van der Waals surface area contributed by atoms with Crippen LogP contribution in [0.1, 0.15) is 33.3 Å². The Bertz CT molecular complexity index is 404. The molecule has 0 radical (unpaired) electrons. The average molecular weight is 266 g/mol. The van der Waals surface area contributed by atoms with E-state index in [0.29, 0.717) is 12.5 Å². The van der Waals surface area contributed by atoms with E-state index in [1.807, 2.05) is 27.7 Å². The zero-order chi connectivity index (χ0) is 14.4. The third kappa shape index (κ3) is 5.21. The lowest BCUT2D eigenvalue weighted by Crippen LogP contribution is -2.40. The van der Waals surface area contributed by atoms with Crippen LogP contribution in [0.5, 0.6) is 0 Å². The third-order valence-electron chi connectivity index (χ3n) is 2.58. The highest BCUT2D eigenvalue weighted by atomic mass is 16.4. The number of rotatable bonds is 7. The fourth-order valence-corrected chi connectivity index (χ4v) is 1.61. The predicted molar refractivity (Wildman–Crippen MR) is 73.9 cm³/mol. The second-order valence-electron chi connectivity index (χ2n) is 5.15. The maximum Gasteiger partial charge on any atom is 0.320 e. The van der Waals surface area contributed by atoms with Crippen LogP contribution in [0.2, 0.25) is 0 Å². The summed E-state index contributed by atoms with van der Waals surface area (Å²) in [5.41, 5.74) is 0.862. The van der Waals surface area contributed by atoms with Crippen LogP contribution < -0.4 is 10.6 Å². The second kappa shape index (κ2) is 7.04. The molecule has 0 fully saturated rings. The van der Waals surface area contributed by atoms with E-state index in [1.54, 1.807) is 12.4 Å². The highest BCUT2D eigenvalue weighted by molar-refractivity contribution is 5.73. The standard InChI is InChI=1S/C13H22N4O2/c1-8(2)11(12(18)19)14-5-10-6-15-13(16-7-10)17-9(3)4/h6-9,11,14H,5H2,1-4H3,(H,18,19)(H,15,16,17)/t11-/m0/s1. The topological polar surface area (TPSA) is 87.1 Å². The Labute approximate surface area is 113 Å². The van der Waals surface area contributed by atoms with Gasteiger partial charge in [0.05, 0.1) is 0 Å². The quantitative estimate of drug-likeness (QED) is 0.693. The summed E-state index contributed by atoms with van der Waals surface area (Å²) in [5, 5.41) is 15.2. The molecule has 0 amide bonds. The molecule has 1 heterocycles. The van der Waals surface area contributed by atoms with E-state index in [1.165, 1.54) is 0 Å². The molecule has 0 bridgehead atoms. The van der Waals surface area contributed by atoms with Gasteiger partial charge in [0.25, 0.3) is 0 Å². The first-order valence-corrected chi connectivity index (χ1v) is 6.43. The molecule has 0 aliphatic rings. The first kappa shape index (κ1) is 15.4. The number of carboxylic acid groups (broad SMARTS) is 1. The van der Waals surface area contributed by atoms with Crippen molar-refractivity contribution in [1.29, 1.82) is 0 Å². The molecule has 106 valence electrons. The molecular formula is C13H22N4O2. The summed E-state index contributed by atoms with van der Waals surface area (Å²) in [6, 6.07) is -0.283. The molecule has 3 N–H and O–H groups in total. The van der Waals surface area contributed by atoms with Gasteiger partial charge in [-0.15, -0.1) is 0 Å². The summed E-state index contributed by atoms with van der Waals surface area (Å²) in [4.78, 5) is 19.4. The van der Waals surface area contributed by atoms with Gasteiger partial charge in [-0.1, -0.05) is 13.8 Å². The van der Waals surface area contributed by atoms with E-state index < -0.39 is 12.0 Å². The van der Waals surface area contributed by atoms with Crippen molar-refractivity contribution in [3.63, 3.8) is 0 Å². The van der Waals surface area contributed by atoms with Gasteiger partial charge in [0, 0.05) is 30.5 Å². The van der Waals surface area contributed by atoms with Crippen LogP contribution in [-0.2, 0) is 11.3 Å². The van der Waals surface area contributed by atoms with Crippen molar-refractivity contribution in [1.82, 2.24) is 15.3 Å². The minimum Gasteiger partial charge on any atom is -0.480 e. The number of carboxylic acids is 1. The average Bonchev–Trinajstić information content (AvgIpc) is 2.29. The van der Waals surface area contributed by atoms with Crippen molar-refractivity contribution in [2.45, 2.75) is 46.3 Å². The van der Waals surface area contributed by atoms with Crippen LogP contribution in [0.25, 0.3) is 0 Å². The molecular weight excluding hydrogens is 244 g/mol. The minimum atomic E-state index is -0.839. The van der Waals surface area contributed by atoms with E-state index >= 15 is 0 Å². The molecule has 1 aromatic heterocycles. The minimum absolute atomic E-state index is 0.0281. The van der Waals surface area contributed by atoms with E-state index in [9.17, 15) is 4.79 Å². The van der Waals surface area contributed by atoms with Gasteiger partial charge >= 0.3 is 5.97 Å². The van der Waals surface area contributed by atoms with Gasteiger partial charge in [0.15, 0.2) is 0 Å². The smallest absolute Gasteiger partial charge is 0.320 e. The Morgan fingerprint density at radius 2 is 1.84 bits per heavy atom. The molecule has 6 heteroatoms. The Balaban J connectivity index is 2.56. The molecule has 1 aromatic rings. The van der Waals surface area contributed by atoms with Crippen LogP contribution in [0, 0.1) is 5.92 Å². The lowest BCUT2D eigenvalue weighted by molar-refractivity contribution is -0.140. The summed E-state index contributed by atoms with van der Waals surface area (Å²) in [5.74, 6) is -0.230. The maximum absolute atomic E-state index is 11.0. The monoisotopic (exact) mass is 266 g/mol. The SMILES string of the molecule is CC(C)Nc1ncc(CN[C@H](C(=O)O)C(C)C)cn1. The van der Waals surface area contributed by atoms with Gasteiger partial charge in [0.1, 0.15) is 6.04 Å². The van der Waals surface area contributed by atoms with Gasteiger partial charge < -0.3 is 10.4 Å². The summed E-state index contributed by atoms with van der Waals surface area (Å²) >= 11 is 0. The molecule has 0 spiro atoms. The van der Waals surface area contributed by atoms with Crippen LogP contribution >= 0.6 is 0 Å². The normalized spacial score (nSPS) is 12.7. The van der Waals surface area contributed by atoms with Crippen LogP contribution in [-0.4, -0.2) is 33.1 Å². The van der Waals surface area contributed by atoms with E-state index in [4.69, 9.17) is 5.11 Å². The number of aliphatic carboxylic acids is 1. The Morgan fingerprint density at radius 3 is 2.26 bits per heavy atom. The predicted octanol–water partition coefficient (Wildman–Crippen LogP) is 1.50. The zero-order valence-corrected chi connectivity index (χ0v) is 11.8. The van der Waals surface area contributed by atoms with E-state index in [0.717, 1.165) is 5.56 Å². The lowest BCUT2D eigenvalue weighted by Gasteiger charge is -2.17. The number of aromatic nitrogens is 2. The molecule has 0 saturated heterocycles. The maximum atomic E-state index is 11.0. The molecule has 6 nitrogen and oxygen atoms in total. The molecule has 1 atom stereocenters. The van der Waals surface area contributed by atoms with Crippen molar-refractivity contribution in [2.24, 2.45) is 5.92 Å². The summed E-state index contributed by atoms with van der Waals surface area (Å²) in [6.07, 6.45) is 3.40. The molecule has 19 heavy (non-hydrogen) atoms. The lowest BCUT2D eigenvalue weighted by atomic mass is 10.0. The molecule has 0 aromatic carbocycles. The number of hydrogen-bond acceptors (Lipinski definition) is 5. The van der Waals surface area contributed by atoms with Crippen molar-refractivity contribution in [2.75, 3.05) is 5.32 Å². The van der Waals surface area contributed by atoms with E-state index in [2.05, 4.69) is 20.6 Å². The molecule has 1 rings (SSSR count). The fourth-order valence-electron chi connectivity index (χ4n) is 1.61. The second-order valence-corrected chi connectivity index (χ2v) is 5.15. The molecule has 0 unspecified atom stereocenters. The number of nitrogens with one attached hydrogen (secondary N) is 2. The fraction of sp³-hybridized carbons (Fsp3) is 0.615. The van der Waals surface area contributed by atoms with Crippen molar-refractivity contribution in [3.05, 3.63) is 18.0 Å². The zero-order valence-electron chi connectivity index (χ0n) is 11.8. The third-order valence-corrected chi connectivity index (χ3v) is 2.58. The van der Waals surface area contributed by atoms with Crippen molar-refractivity contribution in [3.8, 4) is 0 Å². The van der Waals surface area contributed by atoms with Crippen molar-refractivity contribution < 1.29 is 9.90 Å². The van der Waals surface area contributed by atoms with Crippen LogP contribution in [0.3, 0.4) is 0 Å².